The van der Waals surface area contributed by atoms with Crippen molar-refractivity contribution in [3.8, 4) is 5.75 Å². The van der Waals surface area contributed by atoms with Gasteiger partial charge >= 0.3 is 5.97 Å². The lowest BCUT2D eigenvalue weighted by Gasteiger charge is -2.18. The number of carbonyl (C=O) groups is 4. The van der Waals surface area contributed by atoms with E-state index < -0.39 is 40.8 Å². The molecule has 36 heavy (non-hydrogen) atoms. The second kappa shape index (κ2) is 9.88. The van der Waals surface area contributed by atoms with Crippen LogP contribution >= 0.6 is 27.5 Å². The highest BCUT2D eigenvalue weighted by molar-refractivity contribution is 9.10. The molecule has 0 saturated carbocycles. The van der Waals surface area contributed by atoms with E-state index in [1.807, 2.05) is 0 Å². The number of esters is 1. The van der Waals surface area contributed by atoms with Crippen molar-refractivity contribution in [2.75, 3.05) is 18.6 Å². The van der Waals surface area contributed by atoms with Crippen LogP contribution < -0.4 is 9.64 Å². The zero-order valence-corrected chi connectivity index (χ0v) is 20.7. The van der Waals surface area contributed by atoms with Crippen molar-refractivity contribution in [2.24, 2.45) is 0 Å². The maximum absolute atomic E-state index is 13.0. The van der Waals surface area contributed by atoms with Crippen molar-refractivity contribution >= 4 is 62.5 Å². The summed E-state index contributed by atoms with van der Waals surface area (Å²) in [5, 5.41) is 11.2. The molecule has 0 fully saturated rings. The van der Waals surface area contributed by atoms with Gasteiger partial charge in [-0.2, -0.15) is 0 Å². The normalized spacial score (nSPS) is 12.4. The number of benzene rings is 3. The van der Waals surface area contributed by atoms with Gasteiger partial charge in [0.2, 0.25) is 0 Å². The first kappa shape index (κ1) is 25.0. The molecule has 1 aliphatic heterocycles. The van der Waals surface area contributed by atoms with Gasteiger partial charge in [-0.25, -0.2) is 9.69 Å². The highest BCUT2D eigenvalue weighted by atomic mass is 79.9. The van der Waals surface area contributed by atoms with Gasteiger partial charge < -0.3 is 9.47 Å². The standard InChI is InChI=1S/C24H14BrClN2O8/c1-35-20-10-18(27-22(30)14-3-2-4-17(28(33)34)21(14)23(27)31)16(26)9-15(20)24(32)36-11-19(29)12-5-7-13(25)8-6-12/h2-10H,11H2,1H3. The third-order valence-electron chi connectivity index (χ3n) is 5.32. The van der Waals surface area contributed by atoms with E-state index in [1.54, 1.807) is 24.3 Å². The van der Waals surface area contributed by atoms with Crippen molar-refractivity contribution in [1.82, 2.24) is 0 Å². The van der Waals surface area contributed by atoms with E-state index in [1.165, 1.54) is 25.3 Å². The van der Waals surface area contributed by atoms with E-state index in [0.29, 0.717) is 10.5 Å². The number of imide groups is 1. The van der Waals surface area contributed by atoms with Crippen molar-refractivity contribution in [1.29, 1.82) is 0 Å². The Bertz CT molecular complexity index is 1460. The van der Waals surface area contributed by atoms with Gasteiger partial charge in [0.1, 0.15) is 16.9 Å². The molecule has 12 heteroatoms. The van der Waals surface area contributed by atoms with Crippen LogP contribution in [0.4, 0.5) is 11.4 Å². The van der Waals surface area contributed by atoms with Crippen LogP contribution in [0.15, 0.2) is 59.1 Å². The number of carbonyl (C=O) groups excluding carboxylic acids is 4. The molecule has 4 rings (SSSR count). The molecule has 10 nitrogen and oxygen atoms in total. The highest BCUT2D eigenvalue weighted by Crippen LogP contribution is 2.40. The van der Waals surface area contributed by atoms with Crippen molar-refractivity contribution < 1.29 is 33.6 Å². The van der Waals surface area contributed by atoms with Gasteiger partial charge in [-0.05, 0) is 24.3 Å². The maximum Gasteiger partial charge on any atom is 0.342 e. The molecule has 0 unspecified atom stereocenters. The summed E-state index contributed by atoms with van der Waals surface area (Å²) in [6.45, 7) is -0.551. The summed E-state index contributed by atoms with van der Waals surface area (Å²) in [4.78, 5) is 62.2. The van der Waals surface area contributed by atoms with Gasteiger partial charge in [-0.15, -0.1) is 0 Å². The first-order chi connectivity index (χ1) is 17.1. The highest BCUT2D eigenvalue weighted by Gasteiger charge is 2.43. The third-order valence-corrected chi connectivity index (χ3v) is 6.15. The van der Waals surface area contributed by atoms with Crippen LogP contribution in [0.3, 0.4) is 0 Å². The molecule has 1 heterocycles. The number of nitro benzene ring substituents is 1. The van der Waals surface area contributed by atoms with Crippen molar-refractivity contribution in [3.05, 3.63) is 96.5 Å². The molecule has 0 radical (unpaired) electrons. The fraction of sp³-hybridized carbons (Fsp3) is 0.0833. The fourth-order valence-electron chi connectivity index (χ4n) is 3.61. The summed E-state index contributed by atoms with van der Waals surface area (Å²) in [5.74, 6) is -3.23. The average Bonchev–Trinajstić information content (AvgIpc) is 3.12. The molecule has 0 aromatic heterocycles. The largest absolute Gasteiger partial charge is 0.496 e. The SMILES string of the molecule is COc1cc(N2C(=O)c3cccc([N+](=O)[O-])c3C2=O)c(Cl)cc1C(=O)OCC(=O)c1ccc(Br)cc1. The minimum Gasteiger partial charge on any atom is -0.496 e. The first-order valence-corrected chi connectivity index (χ1v) is 11.3. The zero-order chi connectivity index (χ0) is 26.1. The molecule has 0 atom stereocenters. The number of fused-ring (bicyclic) bond motifs is 1. The van der Waals surface area contributed by atoms with Crippen molar-refractivity contribution in [2.45, 2.75) is 0 Å². The molecule has 182 valence electrons. The minimum absolute atomic E-state index is 0.0958. The second-order valence-corrected chi connectivity index (χ2v) is 8.74. The quantitative estimate of drug-likeness (QED) is 0.129. The Morgan fingerprint density at radius 1 is 1.08 bits per heavy atom. The lowest BCUT2D eigenvalue weighted by Crippen LogP contribution is -2.30. The number of halogens is 2. The van der Waals surface area contributed by atoms with E-state index in [9.17, 15) is 29.3 Å². The van der Waals surface area contributed by atoms with Crippen molar-refractivity contribution in [3.63, 3.8) is 0 Å². The predicted octanol–water partition coefficient (Wildman–Crippen LogP) is 4.86. The van der Waals surface area contributed by atoms with Crippen LogP contribution in [0.2, 0.25) is 5.02 Å². The summed E-state index contributed by atoms with van der Waals surface area (Å²) in [6.07, 6.45) is 0. The van der Waals surface area contributed by atoms with Gasteiger partial charge in [0, 0.05) is 22.2 Å². The first-order valence-electron chi connectivity index (χ1n) is 10.1. The Balaban J connectivity index is 1.61. The zero-order valence-electron chi connectivity index (χ0n) is 18.3. The molecular formula is C24H14BrClN2O8. The minimum atomic E-state index is -0.943. The summed E-state index contributed by atoms with van der Waals surface area (Å²) in [6, 6.07) is 12.5. The lowest BCUT2D eigenvalue weighted by molar-refractivity contribution is -0.385. The Labute approximate surface area is 216 Å². The van der Waals surface area contributed by atoms with E-state index >= 15 is 0 Å². The van der Waals surface area contributed by atoms with Crippen LogP contribution in [0.25, 0.3) is 0 Å². The van der Waals surface area contributed by atoms with Crippen LogP contribution in [0.5, 0.6) is 5.75 Å². The molecule has 3 aromatic carbocycles. The van der Waals surface area contributed by atoms with E-state index in [0.717, 1.165) is 16.6 Å². The van der Waals surface area contributed by atoms with E-state index in [4.69, 9.17) is 21.1 Å². The smallest absolute Gasteiger partial charge is 0.342 e. The average molecular weight is 574 g/mol. The molecule has 0 aliphatic carbocycles. The number of nitro groups is 1. The third kappa shape index (κ3) is 4.45. The second-order valence-electron chi connectivity index (χ2n) is 7.41. The summed E-state index contributed by atoms with van der Waals surface area (Å²) in [7, 11) is 1.24. The van der Waals surface area contributed by atoms with Gasteiger partial charge in [0.05, 0.1) is 28.3 Å². The van der Waals surface area contributed by atoms with Gasteiger partial charge in [-0.1, -0.05) is 45.7 Å². The Hall–Kier alpha value is -4.09. The van der Waals surface area contributed by atoms with Crippen LogP contribution in [0, 0.1) is 10.1 Å². The molecule has 0 bridgehead atoms. The molecule has 0 spiro atoms. The molecule has 2 amide bonds. The molecular weight excluding hydrogens is 560 g/mol. The topological polar surface area (TPSA) is 133 Å². The summed E-state index contributed by atoms with van der Waals surface area (Å²) < 4.78 is 11.1. The number of methoxy groups -OCH3 is 1. The summed E-state index contributed by atoms with van der Waals surface area (Å²) in [5.41, 5.74) is -0.997. The number of nitrogens with zero attached hydrogens (tertiary/aromatic N) is 2. The molecule has 1 aliphatic rings. The number of amides is 2. The Morgan fingerprint density at radius 3 is 2.42 bits per heavy atom. The van der Waals surface area contributed by atoms with Gasteiger partial charge in [0.25, 0.3) is 17.5 Å². The molecule has 0 saturated heterocycles. The van der Waals surface area contributed by atoms with Gasteiger partial charge in [0.15, 0.2) is 12.4 Å². The number of Topliss-reactive ketones (excluding diaryl/α,β-unsaturated/α-hetero) is 1. The predicted molar refractivity (Wildman–Crippen MR) is 131 cm³/mol. The van der Waals surface area contributed by atoms with E-state index in [2.05, 4.69) is 15.9 Å². The lowest BCUT2D eigenvalue weighted by atomic mass is 10.1. The van der Waals surface area contributed by atoms with Crippen LogP contribution in [0.1, 0.15) is 41.4 Å². The Kier molecular flexibility index (Phi) is 6.86. The Morgan fingerprint density at radius 2 is 1.78 bits per heavy atom. The number of hydrogen-bond donors (Lipinski definition) is 0. The van der Waals surface area contributed by atoms with Crippen LogP contribution in [-0.2, 0) is 4.74 Å². The van der Waals surface area contributed by atoms with Gasteiger partial charge in [-0.3, -0.25) is 24.5 Å². The van der Waals surface area contributed by atoms with E-state index in [-0.39, 0.29) is 33.1 Å². The number of hydrogen-bond acceptors (Lipinski definition) is 8. The number of ether oxygens (including phenoxy) is 2. The maximum atomic E-state index is 13.0. The number of rotatable bonds is 7. The fourth-order valence-corrected chi connectivity index (χ4v) is 4.12. The molecule has 0 N–H and O–H groups in total. The summed E-state index contributed by atoms with van der Waals surface area (Å²) >= 11 is 9.58. The monoisotopic (exact) mass is 572 g/mol. The van der Waals surface area contributed by atoms with Crippen LogP contribution in [-0.4, -0.2) is 42.2 Å². The number of anilines is 1. The molecule has 3 aromatic rings. The number of ketones is 1.